The van der Waals surface area contributed by atoms with Crippen molar-refractivity contribution in [2.24, 2.45) is 17.8 Å². The van der Waals surface area contributed by atoms with Gasteiger partial charge < -0.3 is 42.6 Å². The molecule has 3 aliphatic heterocycles. The molecule has 4 fully saturated rings. The Kier molecular flexibility index (Phi) is 11.9. The van der Waals surface area contributed by atoms with E-state index in [9.17, 15) is 14.9 Å². The molecular formula is C49H53NO12. The predicted molar refractivity (Wildman–Crippen MR) is 224 cm³/mol. The highest BCUT2D eigenvalue weighted by Gasteiger charge is 2.73. The van der Waals surface area contributed by atoms with E-state index in [1.54, 1.807) is 0 Å². The molecule has 1 saturated carbocycles. The van der Waals surface area contributed by atoms with Gasteiger partial charge in [-0.25, -0.2) is 4.79 Å². The van der Waals surface area contributed by atoms with Crippen molar-refractivity contribution in [1.82, 2.24) is 0 Å². The maximum Gasteiger partial charge on any atom is 0.340 e. The standard InChI is InChI=1S/C49H53NO12/c1-47(2)57-30-38(58-47)42-43(60-48(3,4)59-42)41-37-22-14-21-36-39(37)49(61-41,62-46(51)34-23-25-35(26-24-34)50(52)53)45(56-29-33-19-12-7-13-20-33)44(55-28-32-17-10-6-11-18-32)40(36)54-27-31-15-8-5-9-16-31/h5-21,23-26,36-45H,22,27-30H2,1-4H3/t36-,37-,38+,39-,40+,41-,42+,43+,44-,45+,49+/m0/s1. The van der Waals surface area contributed by atoms with Gasteiger partial charge in [0, 0.05) is 29.9 Å². The molecule has 4 aromatic carbocycles. The molecule has 3 saturated heterocycles. The van der Waals surface area contributed by atoms with Crippen molar-refractivity contribution in [1.29, 1.82) is 0 Å². The number of hydrogen-bond acceptors (Lipinski definition) is 12. The van der Waals surface area contributed by atoms with Gasteiger partial charge >= 0.3 is 5.97 Å². The number of allylic oxidation sites excluding steroid dienone is 1. The highest BCUT2D eigenvalue weighted by Crippen LogP contribution is 2.60. The molecule has 0 aromatic heterocycles. The number of benzene rings is 4. The Morgan fingerprint density at radius 3 is 1.81 bits per heavy atom. The van der Waals surface area contributed by atoms with Gasteiger partial charge in [-0.3, -0.25) is 10.1 Å². The fourth-order valence-corrected chi connectivity index (χ4v) is 9.93. The van der Waals surface area contributed by atoms with Gasteiger partial charge in [-0.2, -0.15) is 0 Å². The second-order valence-electron chi connectivity index (χ2n) is 17.6. The van der Waals surface area contributed by atoms with Gasteiger partial charge in [0.05, 0.1) is 49.1 Å². The van der Waals surface area contributed by atoms with E-state index in [2.05, 4.69) is 12.2 Å². The first-order chi connectivity index (χ1) is 29.9. The molecule has 5 aliphatic rings. The molecule has 326 valence electrons. The van der Waals surface area contributed by atoms with Crippen LogP contribution < -0.4 is 0 Å². The van der Waals surface area contributed by atoms with Gasteiger partial charge in [-0.05, 0) is 62.9 Å². The van der Waals surface area contributed by atoms with E-state index in [0.717, 1.165) is 16.7 Å². The molecule has 0 unspecified atom stereocenters. The average Bonchev–Trinajstić information content (AvgIpc) is 3.93. The molecule has 62 heavy (non-hydrogen) atoms. The first kappa shape index (κ1) is 42.5. The summed E-state index contributed by atoms with van der Waals surface area (Å²) in [4.78, 5) is 25.8. The minimum atomic E-state index is -1.79. The molecule has 13 heteroatoms. The van der Waals surface area contributed by atoms with Crippen LogP contribution in [0.25, 0.3) is 0 Å². The summed E-state index contributed by atoms with van der Waals surface area (Å²) in [5.41, 5.74) is 2.76. The van der Waals surface area contributed by atoms with Crippen LogP contribution in [-0.2, 0) is 62.5 Å². The van der Waals surface area contributed by atoms with Crippen molar-refractivity contribution >= 4 is 11.7 Å². The number of carbonyl (C=O) groups is 1. The second kappa shape index (κ2) is 17.4. The second-order valence-corrected chi connectivity index (χ2v) is 17.6. The van der Waals surface area contributed by atoms with Crippen LogP contribution in [0.5, 0.6) is 0 Å². The zero-order valence-corrected chi connectivity index (χ0v) is 35.3. The number of ether oxygens (including phenoxy) is 9. The fraction of sp³-hybridized carbons (Fsp3) is 0.449. The van der Waals surface area contributed by atoms with E-state index in [1.807, 2.05) is 119 Å². The zero-order chi connectivity index (χ0) is 43.1. The Hall–Kier alpha value is -4.83. The first-order valence-corrected chi connectivity index (χ1v) is 21.4. The Labute approximate surface area is 361 Å². The summed E-state index contributed by atoms with van der Waals surface area (Å²) in [6, 6.07) is 34.9. The van der Waals surface area contributed by atoms with Crippen molar-refractivity contribution in [3.8, 4) is 0 Å². The summed E-state index contributed by atoms with van der Waals surface area (Å²) < 4.78 is 61.4. The maximum absolute atomic E-state index is 14.7. The normalized spacial score (nSPS) is 32.9. The molecular weight excluding hydrogens is 795 g/mol. The number of nitro benzene ring substituents is 1. The smallest absolute Gasteiger partial charge is 0.340 e. The van der Waals surface area contributed by atoms with Crippen LogP contribution in [0.1, 0.15) is 61.2 Å². The van der Waals surface area contributed by atoms with Crippen molar-refractivity contribution in [3.63, 3.8) is 0 Å². The summed E-state index contributed by atoms with van der Waals surface area (Å²) >= 11 is 0. The third-order valence-electron chi connectivity index (χ3n) is 12.5. The highest BCUT2D eigenvalue weighted by molar-refractivity contribution is 5.90. The predicted octanol–water partition coefficient (Wildman–Crippen LogP) is 8.10. The summed E-state index contributed by atoms with van der Waals surface area (Å²) in [7, 11) is 0. The van der Waals surface area contributed by atoms with Crippen LogP contribution in [0.3, 0.4) is 0 Å². The lowest BCUT2D eigenvalue weighted by Crippen LogP contribution is -2.68. The van der Waals surface area contributed by atoms with E-state index >= 15 is 0 Å². The van der Waals surface area contributed by atoms with Crippen LogP contribution in [0, 0.1) is 27.9 Å². The SMILES string of the molecule is CC1(C)O[C@H]([C@H]2O[C@@]3(OC(=O)c4ccc([N+](=O)[O-])cc4)[C@H]4[C@H](C=CC[C@H]24)[C@@H](OCc2ccccc2)[C@H](OCc2ccccc2)[C@H]3OCc2ccccc2)[C@@H]([C@H]2COC(C)(C)O2)O1. The molecule has 0 N–H and O–H groups in total. The maximum atomic E-state index is 14.7. The van der Waals surface area contributed by atoms with Gasteiger partial charge in [-0.15, -0.1) is 0 Å². The van der Waals surface area contributed by atoms with Crippen LogP contribution in [0.4, 0.5) is 5.69 Å². The molecule has 0 spiro atoms. The number of esters is 1. The Balaban J connectivity index is 1.18. The monoisotopic (exact) mass is 847 g/mol. The van der Waals surface area contributed by atoms with Gasteiger partial charge in [0.15, 0.2) is 17.7 Å². The minimum Gasteiger partial charge on any atom is -0.426 e. The highest BCUT2D eigenvalue weighted by atomic mass is 16.8. The average molecular weight is 848 g/mol. The van der Waals surface area contributed by atoms with Crippen LogP contribution >= 0.6 is 0 Å². The number of hydrogen-bond donors (Lipinski definition) is 0. The number of non-ortho nitro benzene ring substituents is 1. The van der Waals surface area contributed by atoms with Crippen LogP contribution in [0.15, 0.2) is 127 Å². The summed E-state index contributed by atoms with van der Waals surface area (Å²) in [5, 5.41) is 11.6. The molecule has 11 atom stereocenters. The minimum absolute atomic E-state index is 0.112. The molecule has 0 amide bonds. The Morgan fingerprint density at radius 1 is 0.677 bits per heavy atom. The van der Waals surface area contributed by atoms with Crippen molar-refractivity contribution < 1.29 is 52.3 Å². The van der Waals surface area contributed by atoms with E-state index in [0.29, 0.717) is 6.42 Å². The lowest BCUT2D eigenvalue weighted by molar-refractivity contribution is -0.384. The van der Waals surface area contributed by atoms with Gasteiger partial charge in [0.1, 0.15) is 24.4 Å². The Bertz CT molecular complexity index is 2200. The van der Waals surface area contributed by atoms with Crippen LogP contribution in [0.2, 0.25) is 0 Å². The third kappa shape index (κ3) is 8.60. The molecule has 9 rings (SSSR count). The van der Waals surface area contributed by atoms with Crippen molar-refractivity contribution in [2.45, 2.75) is 114 Å². The molecule has 3 heterocycles. The fourth-order valence-electron chi connectivity index (χ4n) is 9.93. The van der Waals surface area contributed by atoms with Crippen molar-refractivity contribution in [3.05, 3.63) is 160 Å². The molecule has 4 aromatic rings. The van der Waals surface area contributed by atoms with E-state index < -0.39 is 82.8 Å². The summed E-state index contributed by atoms with van der Waals surface area (Å²) in [6.07, 6.45) is -0.157. The number of nitro groups is 1. The largest absolute Gasteiger partial charge is 0.426 e. The van der Waals surface area contributed by atoms with Gasteiger partial charge in [-0.1, -0.05) is 103 Å². The summed E-state index contributed by atoms with van der Waals surface area (Å²) in [5.74, 6) is -5.61. The summed E-state index contributed by atoms with van der Waals surface area (Å²) in [6.45, 7) is 8.37. The van der Waals surface area contributed by atoms with E-state index in [4.69, 9.17) is 42.6 Å². The quantitative estimate of drug-likeness (QED) is 0.0524. The van der Waals surface area contributed by atoms with Gasteiger partial charge in [0.25, 0.3) is 5.69 Å². The molecule has 13 nitrogen and oxygen atoms in total. The Morgan fingerprint density at radius 2 is 1.24 bits per heavy atom. The lowest BCUT2D eigenvalue weighted by atomic mass is 9.62. The van der Waals surface area contributed by atoms with Crippen LogP contribution in [-0.4, -0.2) is 77.6 Å². The van der Waals surface area contributed by atoms with E-state index in [-0.39, 0.29) is 43.6 Å². The number of nitrogens with zero attached hydrogens (tertiary/aromatic N) is 1. The molecule has 0 bridgehead atoms. The van der Waals surface area contributed by atoms with Gasteiger partial charge in [0.2, 0.25) is 5.79 Å². The molecule has 2 aliphatic carbocycles. The lowest BCUT2D eigenvalue weighted by Gasteiger charge is -2.54. The zero-order valence-electron chi connectivity index (χ0n) is 35.3. The third-order valence-corrected chi connectivity index (χ3v) is 12.5. The molecule has 0 radical (unpaired) electrons. The first-order valence-electron chi connectivity index (χ1n) is 21.4. The number of carbonyl (C=O) groups excluding carboxylic acids is 1. The number of rotatable bonds is 14. The van der Waals surface area contributed by atoms with Crippen molar-refractivity contribution in [2.75, 3.05) is 6.61 Å². The topological polar surface area (TPSA) is 143 Å². The van der Waals surface area contributed by atoms with E-state index in [1.165, 1.54) is 24.3 Å².